The van der Waals surface area contributed by atoms with Crippen LogP contribution in [0.25, 0.3) is 0 Å². The molecule has 0 bridgehead atoms. The second-order valence-electron chi connectivity index (χ2n) is 5.04. The summed E-state index contributed by atoms with van der Waals surface area (Å²) >= 11 is 0. The van der Waals surface area contributed by atoms with Crippen LogP contribution in [-0.2, 0) is 4.74 Å². The molecule has 2 rings (SSSR count). The van der Waals surface area contributed by atoms with Crippen molar-refractivity contribution in [2.45, 2.75) is 31.4 Å². The first-order valence-electron chi connectivity index (χ1n) is 6.23. The lowest BCUT2D eigenvalue weighted by atomic mass is 10.2. The molecule has 3 nitrogen and oxygen atoms in total. The molecule has 0 aromatic carbocycles. The van der Waals surface area contributed by atoms with Gasteiger partial charge in [0.25, 0.3) is 0 Å². The van der Waals surface area contributed by atoms with E-state index in [-0.39, 0.29) is 0 Å². The first-order valence-corrected chi connectivity index (χ1v) is 6.23. The number of rotatable bonds is 6. The van der Waals surface area contributed by atoms with E-state index in [2.05, 4.69) is 16.1 Å². The molecule has 1 aliphatic carbocycles. The van der Waals surface area contributed by atoms with Crippen molar-refractivity contribution in [2.24, 2.45) is 5.92 Å². The molecule has 16 heavy (non-hydrogen) atoms. The summed E-state index contributed by atoms with van der Waals surface area (Å²) in [6.07, 6.45) is 9.69. The fourth-order valence-corrected chi connectivity index (χ4v) is 2.41. The van der Waals surface area contributed by atoms with Gasteiger partial charge in [-0.2, -0.15) is 0 Å². The number of methoxy groups -OCH3 is 1. The van der Waals surface area contributed by atoms with Crippen LogP contribution in [0.4, 0.5) is 0 Å². The van der Waals surface area contributed by atoms with Gasteiger partial charge in [0, 0.05) is 32.8 Å². The molecule has 0 spiro atoms. The largest absolute Gasteiger partial charge is 0.380 e. The van der Waals surface area contributed by atoms with Crippen LogP contribution in [0.2, 0.25) is 0 Å². The minimum absolute atomic E-state index is 0.388. The fraction of sp³-hybridized carbons (Fsp3) is 0.846. The molecule has 2 atom stereocenters. The van der Waals surface area contributed by atoms with E-state index in [9.17, 15) is 0 Å². The van der Waals surface area contributed by atoms with Gasteiger partial charge in [0.2, 0.25) is 0 Å². The Morgan fingerprint density at radius 1 is 1.44 bits per heavy atom. The van der Waals surface area contributed by atoms with Crippen LogP contribution in [0.15, 0.2) is 0 Å². The van der Waals surface area contributed by atoms with Crippen molar-refractivity contribution in [2.75, 3.05) is 33.3 Å². The van der Waals surface area contributed by atoms with E-state index >= 15 is 0 Å². The van der Waals surface area contributed by atoms with Crippen molar-refractivity contribution < 1.29 is 4.74 Å². The van der Waals surface area contributed by atoms with Gasteiger partial charge in [-0.25, -0.2) is 0 Å². The first-order chi connectivity index (χ1) is 7.81. The molecular formula is C13H22N2O. The van der Waals surface area contributed by atoms with E-state index in [4.69, 9.17) is 11.2 Å². The number of terminal acetylenes is 1. The summed E-state index contributed by atoms with van der Waals surface area (Å²) in [5.41, 5.74) is 0. The van der Waals surface area contributed by atoms with Gasteiger partial charge in [-0.05, 0) is 25.2 Å². The SMILES string of the molecule is C#CCN(CC1CC1)CC1CC(OC)CN1. The maximum Gasteiger partial charge on any atom is 0.0711 e. The molecule has 1 N–H and O–H groups in total. The predicted molar refractivity (Wildman–Crippen MR) is 65.2 cm³/mol. The van der Waals surface area contributed by atoms with E-state index in [1.54, 1.807) is 7.11 Å². The van der Waals surface area contributed by atoms with Crippen molar-refractivity contribution >= 4 is 0 Å². The molecule has 0 amide bonds. The lowest BCUT2D eigenvalue weighted by Crippen LogP contribution is -2.38. The Kier molecular flexibility index (Phi) is 4.22. The number of nitrogens with zero attached hydrogens (tertiary/aromatic N) is 1. The molecular weight excluding hydrogens is 200 g/mol. The van der Waals surface area contributed by atoms with Crippen LogP contribution >= 0.6 is 0 Å². The lowest BCUT2D eigenvalue weighted by molar-refractivity contribution is 0.115. The number of hydrogen-bond acceptors (Lipinski definition) is 3. The summed E-state index contributed by atoms with van der Waals surface area (Å²) in [6, 6.07) is 0.553. The zero-order chi connectivity index (χ0) is 11.4. The van der Waals surface area contributed by atoms with Crippen LogP contribution in [0.5, 0.6) is 0 Å². The topological polar surface area (TPSA) is 24.5 Å². The third kappa shape index (κ3) is 3.48. The summed E-state index contributed by atoms with van der Waals surface area (Å²) < 4.78 is 5.36. The molecule has 1 aliphatic heterocycles. The molecule has 0 aromatic heterocycles. The highest BCUT2D eigenvalue weighted by molar-refractivity contribution is 4.93. The standard InChI is InChI=1S/C13H22N2O/c1-3-6-15(9-11-4-5-11)10-12-7-13(16-2)8-14-12/h1,11-14H,4-10H2,2H3. The third-order valence-corrected chi connectivity index (χ3v) is 3.52. The van der Waals surface area contributed by atoms with Gasteiger partial charge in [-0.3, -0.25) is 4.90 Å². The second-order valence-corrected chi connectivity index (χ2v) is 5.04. The Morgan fingerprint density at radius 2 is 2.25 bits per heavy atom. The van der Waals surface area contributed by atoms with E-state index in [0.29, 0.717) is 12.1 Å². The summed E-state index contributed by atoms with van der Waals surface area (Å²) in [6.45, 7) is 4.02. The molecule has 3 heteroatoms. The van der Waals surface area contributed by atoms with Crippen molar-refractivity contribution in [3.8, 4) is 12.3 Å². The van der Waals surface area contributed by atoms with E-state index in [0.717, 1.165) is 32.0 Å². The number of nitrogens with one attached hydrogen (secondary N) is 1. The van der Waals surface area contributed by atoms with E-state index < -0.39 is 0 Å². The Hall–Kier alpha value is -0.560. The molecule has 0 aromatic rings. The number of hydrogen-bond donors (Lipinski definition) is 1. The minimum atomic E-state index is 0.388. The molecule has 0 radical (unpaired) electrons. The quantitative estimate of drug-likeness (QED) is 0.670. The van der Waals surface area contributed by atoms with E-state index in [1.165, 1.54) is 19.4 Å². The third-order valence-electron chi connectivity index (χ3n) is 3.52. The molecule has 2 unspecified atom stereocenters. The van der Waals surface area contributed by atoms with Crippen LogP contribution in [-0.4, -0.2) is 50.3 Å². The van der Waals surface area contributed by atoms with Crippen molar-refractivity contribution in [1.82, 2.24) is 10.2 Å². The molecule has 1 heterocycles. The van der Waals surface area contributed by atoms with Gasteiger partial charge in [-0.1, -0.05) is 5.92 Å². The summed E-state index contributed by atoms with van der Waals surface area (Å²) in [5, 5.41) is 3.50. The average Bonchev–Trinajstić information content (AvgIpc) is 2.96. The monoisotopic (exact) mass is 222 g/mol. The fourth-order valence-electron chi connectivity index (χ4n) is 2.41. The van der Waals surface area contributed by atoms with Gasteiger partial charge in [0.1, 0.15) is 0 Å². The summed E-state index contributed by atoms with van der Waals surface area (Å²) in [7, 11) is 1.79. The molecule has 1 saturated heterocycles. The van der Waals surface area contributed by atoms with Crippen LogP contribution in [0.3, 0.4) is 0 Å². The number of ether oxygens (including phenoxy) is 1. The van der Waals surface area contributed by atoms with Gasteiger partial charge in [0.15, 0.2) is 0 Å². The zero-order valence-electron chi connectivity index (χ0n) is 10.1. The van der Waals surface area contributed by atoms with Crippen LogP contribution in [0, 0.1) is 18.3 Å². The van der Waals surface area contributed by atoms with Gasteiger partial charge in [0.05, 0.1) is 12.6 Å². The zero-order valence-corrected chi connectivity index (χ0v) is 10.1. The summed E-state index contributed by atoms with van der Waals surface area (Å²) in [4.78, 5) is 2.41. The second kappa shape index (κ2) is 5.67. The Balaban J connectivity index is 1.74. The van der Waals surface area contributed by atoms with Crippen LogP contribution < -0.4 is 5.32 Å². The maximum atomic E-state index is 5.42. The molecule has 90 valence electrons. The maximum absolute atomic E-state index is 5.42. The van der Waals surface area contributed by atoms with Crippen molar-refractivity contribution in [3.05, 3.63) is 0 Å². The van der Waals surface area contributed by atoms with Gasteiger partial charge >= 0.3 is 0 Å². The normalized spacial score (nSPS) is 29.6. The highest BCUT2D eigenvalue weighted by Crippen LogP contribution is 2.29. The lowest BCUT2D eigenvalue weighted by Gasteiger charge is -2.23. The smallest absolute Gasteiger partial charge is 0.0711 e. The van der Waals surface area contributed by atoms with Gasteiger partial charge < -0.3 is 10.1 Å². The molecule has 1 saturated carbocycles. The Bertz CT molecular complexity index is 257. The van der Waals surface area contributed by atoms with Crippen molar-refractivity contribution in [1.29, 1.82) is 0 Å². The van der Waals surface area contributed by atoms with Gasteiger partial charge in [-0.15, -0.1) is 6.42 Å². The average molecular weight is 222 g/mol. The Morgan fingerprint density at radius 3 is 2.81 bits per heavy atom. The highest BCUT2D eigenvalue weighted by Gasteiger charge is 2.28. The Labute approximate surface area is 98.5 Å². The van der Waals surface area contributed by atoms with Crippen LogP contribution in [0.1, 0.15) is 19.3 Å². The molecule has 2 aliphatic rings. The van der Waals surface area contributed by atoms with Crippen molar-refractivity contribution in [3.63, 3.8) is 0 Å². The minimum Gasteiger partial charge on any atom is -0.380 e. The highest BCUT2D eigenvalue weighted by atomic mass is 16.5. The first kappa shape index (κ1) is 11.9. The summed E-state index contributed by atoms with van der Waals surface area (Å²) in [5.74, 6) is 3.68. The van der Waals surface area contributed by atoms with E-state index in [1.807, 2.05) is 0 Å². The predicted octanol–water partition coefficient (Wildman–Crippen LogP) is 0.708. The molecule has 2 fully saturated rings.